The van der Waals surface area contributed by atoms with Crippen molar-refractivity contribution < 1.29 is 23.9 Å². The van der Waals surface area contributed by atoms with E-state index in [-0.39, 0.29) is 49.6 Å². The van der Waals surface area contributed by atoms with Gasteiger partial charge in [0.2, 0.25) is 11.8 Å². The van der Waals surface area contributed by atoms with Crippen LogP contribution in [0.3, 0.4) is 0 Å². The van der Waals surface area contributed by atoms with E-state index in [1.165, 1.54) is 7.11 Å². The van der Waals surface area contributed by atoms with Crippen LogP contribution in [0.5, 0.6) is 0 Å². The minimum Gasteiger partial charge on any atom is -0.384 e. The van der Waals surface area contributed by atoms with Crippen LogP contribution in [0.2, 0.25) is 0 Å². The third kappa shape index (κ3) is 4.87. The number of hydrogen-bond donors (Lipinski definition) is 2. The standard InChI is InChI=1S/C17H21N3O5/c1-25-11-7-15(22)19-9-8-18-14(21)6-10-20-16(23)12-4-2-3-5-13(12)17(20)24/h2-5H,6-11H2,1H3,(H,18,21)(H,19,22). The summed E-state index contributed by atoms with van der Waals surface area (Å²) >= 11 is 0. The van der Waals surface area contributed by atoms with Gasteiger partial charge in [-0.25, -0.2) is 0 Å². The first-order valence-electron chi connectivity index (χ1n) is 8.02. The Morgan fingerprint density at radius 2 is 1.48 bits per heavy atom. The molecule has 1 heterocycles. The fraction of sp³-hybridized carbons (Fsp3) is 0.412. The number of fused-ring (bicyclic) bond motifs is 1. The maximum absolute atomic E-state index is 12.2. The summed E-state index contributed by atoms with van der Waals surface area (Å²) in [6.45, 7) is 0.956. The Bertz CT molecular complexity index is 639. The van der Waals surface area contributed by atoms with Crippen molar-refractivity contribution in [3.63, 3.8) is 0 Å². The maximum Gasteiger partial charge on any atom is 0.261 e. The number of carbonyl (C=O) groups is 4. The second-order valence-corrected chi connectivity index (χ2v) is 5.50. The van der Waals surface area contributed by atoms with Crippen LogP contribution in [0, 0.1) is 0 Å². The molecule has 0 bridgehead atoms. The van der Waals surface area contributed by atoms with Crippen molar-refractivity contribution >= 4 is 23.6 Å². The van der Waals surface area contributed by atoms with Gasteiger partial charge in [0.05, 0.1) is 17.7 Å². The molecule has 134 valence electrons. The van der Waals surface area contributed by atoms with E-state index in [9.17, 15) is 19.2 Å². The van der Waals surface area contributed by atoms with Gasteiger partial charge in [0, 0.05) is 39.6 Å². The monoisotopic (exact) mass is 347 g/mol. The number of hydrogen-bond acceptors (Lipinski definition) is 5. The van der Waals surface area contributed by atoms with Crippen molar-refractivity contribution in [1.29, 1.82) is 0 Å². The molecule has 2 rings (SSSR count). The van der Waals surface area contributed by atoms with E-state index in [1.807, 2.05) is 0 Å². The first-order chi connectivity index (χ1) is 12.0. The number of carbonyl (C=O) groups excluding carboxylic acids is 4. The lowest BCUT2D eigenvalue weighted by molar-refractivity contribution is -0.123. The third-order valence-corrected chi connectivity index (χ3v) is 3.74. The smallest absolute Gasteiger partial charge is 0.261 e. The Hall–Kier alpha value is -2.74. The van der Waals surface area contributed by atoms with Crippen molar-refractivity contribution in [2.24, 2.45) is 0 Å². The summed E-state index contributed by atoms with van der Waals surface area (Å²) < 4.78 is 4.79. The largest absolute Gasteiger partial charge is 0.384 e. The normalized spacial score (nSPS) is 12.9. The van der Waals surface area contributed by atoms with E-state index in [1.54, 1.807) is 24.3 Å². The van der Waals surface area contributed by atoms with Crippen LogP contribution in [0.15, 0.2) is 24.3 Å². The molecule has 0 fully saturated rings. The molecule has 1 aromatic rings. The highest BCUT2D eigenvalue weighted by molar-refractivity contribution is 6.21. The minimum absolute atomic E-state index is 0.0170. The second-order valence-electron chi connectivity index (χ2n) is 5.50. The lowest BCUT2D eigenvalue weighted by atomic mass is 10.1. The van der Waals surface area contributed by atoms with Crippen LogP contribution < -0.4 is 10.6 Å². The predicted octanol–water partition coefficient (Wildman–Crippen LogP) is -0.0584. The van der Waals surface area contributed by atoms with E-state index < -0.39 is 0 Å². The third-order valence-electron chi connectivity index (χ3n) is 3.74. The van der Waals surface area contributed by atoms with Gasteiger partial charge >= 0.3 is 0 Å². The summed E-state index contributed by atoms with van der Waals surface area (Å²) in [5.74, 6) is -1.19. The number of ether oxygens (including phenoxy) is 1. The Balaban J connectivity index is 1.68. The highest BCUT2D eigenvalue weighted by Crippen LogP contribution is 2.22. The predicted molar refractivity (Wildman–Crippen MR) is 88.9 cm³/mol. The van der Waals surface area contributed by atoms with Gasteiger partial charge in [-0.15, -0.1) is 0 Å². The summed E-state index contributed by atoms with van der Waals surface area (Å²) in [5.41, 5.74) is 0.735. The SMILES string of the molecule is COCCC(=O)NCCNC(=O)CCN1C(=O)c2ccccc2C1=O. The van der Waals surface area contributed by atoms with Gasteiger partial charge in [-0.2, -0.15) is 0 Å². The average molecular weight is 347 g/mol. The fourth-order valence-electron chi connectivity index (χ4n) is 2.43. The number of amides is 4. The van der Waals surface area contributed by atoms with Gasteiger partial charge in [-0.05, 0) is 12.1 Å². The van der Waals surface area contributed by atoms with Gasteiger partial charge in [0.25, 0.3) is 11.8 Å². The lowest BCUT2D eigenvalue weighted by Crippen LogP contribution is -2.37. The summed E-state index contributed by atoms with van der Waals surface area (Å²) in [6, 6.07) is 6.59. The molecule has 0 saturated carbocycles. The zero-order valence-corrected chi connectivity index (χ0v) is 14.0. The van der Waals surface area contributed by atoms with Crippen LogP contribution in [0.25, 0.3) is 0 Å². The number of benzene rings is 1. The number of imide groups is 1. The Labute approximate surface area is 145 Å². The quantitative estimate of drug-likeness (QED) is 0.481. The van der Waals surface area contributed by atoms with Crippen LogP contribution in [-0.4, -0.2) is 61.9 Å². The molecule has 0 spiro atoms. The fourth-order valence-corrected chi connectivity index (χ4v) is 2.43. The number of nitrogens with one attached hydrogen (secondary N) is 2. The van der Waals surface area contributed by atoms with Crippen molar-refractivity contribution in [1.82, 2.24) is 15.5 Å². The van der Waals surface area contributed by atoms with Crippen molar-refractivity contribution in [2.75, 3.05) is 33.4 Å². The van der Waals surface area contributed by atoms with Crippen molar-refractivity contribution in [3.05, 3.63) is 35.4 Å². The van der Waals surface area contributed by atoms with Crippen molar-refractivity contribution in [3.8, 4) is 0 Å². The number of methoxy groups -OCH3 is 1. The minimum atomic E-state index is -0.376. The summed E-state index contributed by atoms with van der Waals surface area (Å²) in [5, 5.41) is 5.28. The molecule has 1 aromatic carbocycles. The molecule has 0 atom stereocenters. The van der Waals surface area contributed by atoms with Crippen LogP contribution in [0.1, 0.15) is 33.6 Å². The van der Waals surface area contributed by atoms with Gasteiger partial charge in [-0.1, -0.05) is 12.1 Å². The van der Waals surface area contributed by atoms with Gasteiger partial charge < -0.3 is 15.4 Å². The molecule has 2 N–H and O–H groups in total. The van der Waals surface area contributed by atoms with Crippen LogP contribution in [0.4, 0.5) is 0 Å². The molecule has 1 aliphatic heterocycles. The molecular weight excluding hydrogens is 326 g/mol. The second kappa shape index (κ2) is 8.93. The Kier molecular flexibility index (Phi) is 6.64. The number of rotatable bonds is 9. The molecular formula is C17H21N3O5. The van der Waals surface area contributed by atoms with Gasteiger partial charge in [-0.3, -0.25) is 24.1 Å². The molecule has 0 aromatic heterocycles. The van der Waals surface area contributed by atoms with Crippen LogP contribution >= 0.6 is 0 Å². The summed E-state index contributed by atoms with van der Waals surface area (Å²) in [7, 11) is 1.52. The van der Waals surface area contributed by atoms with Gasteiger partial charge in [0.1, 0.15) is 0 Å². The molecule has 0 radical (unpaired) electrons. The molecule has 1 aliphatic rings. The van der Waals surface area contributed by atoms with Gasteiger partial charge in [0.15, 0.2) is 0 Å². The van der Waals surface area contributed by atoms with Crippen molar-refractivity contribution in [2.45, 2.75) is 12.8 Å². The molecule has 0 aliphatic carbocycles. The van der Waals surface area contributed by atoms with E-state index in [0.717, 1.165) is 4.90 Å². The van der Waals surface area contributed by atoms with Crippen LogP contribution in [-0.2, 0) is 14.3 Å². The first kappa shape index (κ1) is 18.6. The molecule has 25 heavy (non-hydrogen) atoms. The molecule has 4 amide bonds. The zero-order valence-electron chi connectivity index (χ0n) is 14.0. The lowest BCUT2D eigenvalue weighted by Gasteiger charge is -2.13. The molecule has 8 heteroatoms. The average Bonchev–Trinajstić information content (AvgIpc) is 2.86. The summed E-state index contributed by atoms with van der Waals surface area (Å²) in [6.07, 6.45) is 0.285. The van der Waals surface area contributed by atoms with E-state index >= 15 is 0 Å². The maximum atomic E-state index is 12.2. The van der Waals surface area contributed by atoms with E-state index in [2.05, 4.69) is 10.6 Å². The highest BCUT2D eigenvalue weighted by atomic mass is 16.5. The molecule has 8 nitrogen and oxygen atoms in total. The number of nitrogens with zero attached hydrogens (tertiary/aromatic N) is 1. The Morgan fingerprint density at radius 3 is 2.00 bits per heavy atom. The first-order valence-corrected chi connectivity index (χ1v) is 8.02. The van der Waals surface area contributed by atoms with E-state index in [4.69, 9.17) is 4.74 Å². The molecule has 0 saturated heterocycles. The zero-order chi connectivity index (χ0) is 18.2. The highest BCUT2D eigenvalue weighted by Gasteiger charge is 2.34. The summed E-state index contributed by atoms with van der Waals surface area (Å²) in [4.78, 5) is 48.5. The topological polar surface area (TPSA) is 105 Å². The Morgan fingerprint density at radius 1 is 0.960 bits per heavy atom. The van der Waals surface area contributed by atoms with E-state index in [0.29, 0.717) is 24.3 Å². The molecule has 0 unspecified atom stereocenters.